The van der Waals surface area contributed by atoms with Crippen LogP contribution in [0.15, 0.2) is 43.0 Å². The summed E-state index contributed by atoms with van der Waals surface area (Å²) in [5.41, 5.74) is 2.23. The fourth-order valence-corrected chi connectivity index (χ4v) is 2.04. The Morgan fingerprint density at radius 3 is 2.67 bits per heavy atom. The average molecular weight is 286 g/mol. The normalized spacial score (nSPS) is 12.1. The van der Waals surface area contributed by atoms with Gasteiger partial charge >= 0.3 is 0 Å². The molecule has 1 aromatic heterocycles. The molecule has 1 aromatic carbocycles. The molecule has 2 aromatic rings. The van der Waals surface area contributed by atoms with Gasteiger partial charge in [0.15, 0.2) is 0 Å². The van der Waals surface area contributed by atoms with Crippen LogP contribution in [-0.2, 0) is 11.3 Å². The Morgan fingerprint density at radius 2 is 2.10 bits per heavy atom. The lowest BCUT2D eigenvalue weighted by molar-refractivity contribution is -0.131. The zero-order valence-electron chi connectivity index (χ0n) is 12.8. The van der Waals surface area contributed by atoms with Gasteiger partial charge in [0.1, 0.15) is 0 Å². The molecule has 5 nitrogen and oxygen atoms in total. The number of hydrogen-bond donors (Lipinski definition) is 1. The molecule has 112 valence electrons. The Labute approximate surface area is 125 Å². The number of imidazole rings is 1. The van der Waals surface area contributed by atoms with Crippen molar-refractivity contribution in [3.05, 3.63) is 48.5 Å². The molecule has 2 rings (SSSR count). The van der Waals surface area contributed by atoms with E-state index in [0.717, 1.165) is 17.8 Å². The molecule has 0 spiro atoms. The first-order valence-corrected chi connectivity index (χ1v) is 7.17. The summed E-state index contributed by atoms with van der Waals surface area (Å²) in [6.07, 6.45) is 5.44. The standard InChI is InChI=1S/C16H22N4O/c1-4-19(3)16(21)13(2)18-11-14-5-7-15(8-6-14)20-10-9-17-12-20/h5-10,12-13,18H,4,11H2,1-3H3. The number of hydrogen-bond acceptors (Lipinski definition) is 3. The summed E-state index contributed by atoms with van der Waals surface area (Å²) in [4.78, 5) is 17.7. The highest BCUT2D eigenvalue weighted by Gasteiger charge is 2.15. The fourth-order valence-electron chi connectivity index (χ4n) is 2.04. The molecule has 0 aliphatic carbocycles. The van der Waals surface area contributed by atoms with E-state index in [0.29, 0.717) is 6.54 Å². The molecule has 0 aliphatic heterocycles. The van der Waals surface area contributed by atoms with E-state index >= 15 is 0 Å². The number of aromatic nitrogens is 2. The molecule has 1 heterocycles. The van der Waals surface area contributed by atoms with Gasteiger partial charge in [-0.15, -0.1) is 0 Å². The molecule has 1 amide bonds. The van der Waals surface area contributed by atoms with Gasteiger partial charge in [-0.2, -0.15) is 0 Å². The third-order valence-corrected chi connectivity index (χ3v) is 3.57. The Bertz CT molecular complexity index is 562. The number of likely N-dealkylation sites (N-methyl/N-ethyl adjacent to an activating group) is 1. The lowest BCUT2D eigenvalue weighted by Gasteiger charge is -2.20. The predicted molar refractivity (Wildman–Crippen MR) is 83.2 cm³/mol. The molecule has 1 atom stereocenters. The van der Waals surface area contributed by atoms with Gasteiger partial charge in [-0.25, -0.2) is 4.98 Å². The van der Waals surface area contributed by atoms with E-state index in [1.54, 1.807) is 17.4 Å². The summed E-state index contributed by atoms with van der Waals surface area (Å²) in [5.74, 6) is 0.118. The van der Waals surface area contributed by atoms with Crippen LogP contribution in [0.4, 0.5) is 0 Å². The first-order valence-electron chi connectivity index (χ1n) is 7.17. The third kappa shape index (κ3) is 3.92. The van der Waals surface area contributed by atoms with E-state index in [-0.39, 0.29) is 11.9 Å². The summed E-state index contributed by atoms with van der Waals surface area (Å²) in [6.45, 7) is 5.27. The quantitative estimate of drug-likeness (QED) is 0.881. The number of carbonyl (C=O) groups is 1. The Kier molecular flexibility index (Phi) is 5.11. The fraction of sp³-hybridized carbons (Fsp3) is 0.375. The zero-order chi connectivity index (χ0) is 15.2. The summed E-state index contributed by atoms with van der Waals surface area (Å²) >= 11 is 0. The molecule has 0 bridgehead atoms. The highest BCUT2D eigenvalue weighted by Crippen LogP contribution is 2.09. The third-order valence-electron chi connectivity index (χ3n) is 3.57. The maximum absolute atomic E-state index is 12.0. The second-order valence-corrected chi connectivity index (χ2v) is 5.09. The number of benzene rings is 1. The van der Waals surface area contributed by atoms with E-state index in [1.807, 2.05) is 43.8 Å². The number of carbonyl (C=O) groups excluding carboxylic acids is 1. The first-order chi connectivity index (χ1) is 10.1. The van der Waals surface area contributed by atoms with Gasteiger partial charge in [-0.3, -0.25) is 4.79 Å². The van der Waals surface area contributed by atoms with Crippen LogP contribution in [0.1, 0.15) is 19.4 Å². The minimum Gasteiger partial charge on any atom is -0.345 e. The molecule has 0 radical (unpaired) electrons. The molecule has 0 fully saturated rings. The number of nitrogens with zero attached hydrogens (tertiary/aromatic N) is 3. The largest absolute Gasteiger partial charge is 0.345 e. The van der Waals surface area contributed by atoms with Crippen molar-refractivity contribution in [3.8, 4) is 5.69 Å². The number of rotatable bonds is 6. The van der Waals surface area contributed by atoms with E-state index in [4.69, 9.17) is 0 Å². The maximum Gasteiger partial charge on any atom is 0.239 e. The molecule has 21 heavy (non-hydrogen) atoms. The van der Waals surface area contributed by atoms with Gasteiger partial charge in [-0.1, -0.05) is 12.1 Å². The Morgan fingerprint density at radius 1 is 1.38 bits per heavy atom. The van der Waals surface area contributed by atoms with Crippen LogP contribution in [0.3, 0.4) is 0 Å². The van der Waals surface area contributed by atoms with Gasteiger partial charge in [0.25, 0.3) is 0 Å². The van der Waals surface area contributed by atoms with E-state index < -0.39 is 0 Å². The number of nitrogens with one attached hydrogen (secondary N) is 1. The molecule has 0 aliphatic rings. The van der Waals surface area contributed by atoms with Gasteiger partial charge in [-0.05, 0) is 31.5 Å². The van der Waals surface area contributed by atoms with E-state index in [2.05, 4.69) is 22.4 Å². The second-order valence-electron chi connectivity index (χ2n) is 5.09. The van der Waals surface area contributed by atoms with Gasteiger partial charge < -0.3 is 14.8 Å². The van der Waals surface area contributed by atoms with Crippen molar-refractivity contribution in [1.82, 2.24) is 19.8 Å². The van der Waals surface area contributed by atoms with Crippen LogP contribution < -0.4 is 5.32 Å². The van der Waals surface area contributed by atoms with Crippen molar-refractivity contribution >= 4 is 5.91 Å². The van der Waals surface area contributed by atoms with Gasteiger partial charge in [0.05, 0.1) is 12.4 Å². The second kappa shape index (κ2) is 7.04. The van der Waals surface area contributed by atoms with Crippen LogP contribution in [-0.4, -0.2) is 40.0 Å². The predicted octanol–water partition coefficient (Wildman–Crippen LogP) is 1.83. The lowest BCUT2D eigenvalue weighted by Crippen LogP contribution is -2.42. The van der Waals surface area contributed by atoms with Crippen molar-refractivity contribution in [1.29, 1.82) is 0 Å². The smallest absolute Gasteiger partial charge is 0.239 e. The molecule has 5 heteroatoms. The molecule has 0 saturated carbocycles. The SMILES string of the molecule is CCN(C)C(=O)C(C)NCc1ccc(-n2ccnc2)cc1. The van der Waals surface area contributed by atoms with Crippen LogP contribution in [0.2, 0.25) is 0 Å². The van der Waals surface area contributed by atoms with Crippen LogP contribution in [0.25, 0.3) is 5.69 Å². The van der Waals surface area contributed by atoms with Crippen molar-refractivity contribution < 1.29 is 4.79 Å². The summed E-state index contributed by atoms with van der Waals surface area (Å²) in [7, 11) is 1.82. The molecule has 0 saturated heterocycles. The summed E-state index contributed by atoms with van der Waals surface area (Å²) in [5, 5.41) is 3.26. The topological polar surface area (TPSA) is 50.2 Å². The Hall–Kier alpha value is -2.14. The van der Waals surface area contributed by atoms with Crippen LogP contribution in [0, 0.1) is 0 Å². The average Bonchev–Trinajstić information content (AvgIpc) is 3.06. The van der Waals surface area contributed by atoms with Crippen molar-refractivity contribution in [2.45, 2.75) is 26.4 Å². The first kappa shape index (κ1) is 15.3. The molecule has 1 unspecified atom stereocenters. The van der Waals surface area contributed by atoms with Crippen molar-refractivity contribution in [2.24, 2.45) is 0 Å². The molecular weight excluding hydrogens is 264 g/mol. The van der Waals surface area contributed by atoms with Crippen molar-refractivity contribution in [3.63, 3.8) is 0 Å². The van der Waals surface area contributed by atoms with Gasteiger partial charge in [0, 0.05) is 38.2 Å². The van der Waals surface area contributed by atoms with Crippen LogP contribution in [0.5, 0.6) is 0 Å². The van der Waals surface area contributed by atoms with Crippen molar-refractivity contribution in [2.75, 3.05) is 13.6 Å². The number of amides is 1. The molecule has 1 N–H and O–H groups in total. The summed E-state index contributed by atoms with van der Waals surface area (Å²) < 4.78 is 1.96. The zero-order valence-corrected chi connectivity index (χ0v) is 12.8. The van der Waals surface area contributed by atoms with E-state index in [9.17, 15) is 4.79 Å². The summed E-state index contributed by atoms with van der Waals surface area (Å²) in [6, 6.07) is 8.03. The van der Waals surface area contributed by atoms with E-state index in [1.165, 1.54) is 0 Å². The highest BCUT2D eigenvalue weighted by atomic mass is 16.2. The monoisotopic (exact) mass is 286 g/mol. The maximum atomic E-state index is 12.0. The lowest BCUT2D eigenvalue weighted by atomic mass is 10.2. The molecular formula is C16H22N4O. The Balaban J connectivity index is 1.91. The highest BCUT2D eigenvalue weighted by molar-refractivity contribution is 5.81. The van der Waals surface area contributed by atoms with Crippen LogP contribution >= 0.6 is 0 Å². The van der Waals surface area contributed by atoms with Gasteiger partial charge in [0.2, 0.25) is 5.91 Å². The minimum absolute atomic E-state index is 0.118. The minimum atomic E-state index is -0.178.